The molecule has 0 aliphatic heterocycles. The second-order valence-electron chi connectivity index (χ2n) is 4.88. The van der Waals surface area contributed by atoms with E-state index in [4.69, 9.17) is 4.74 Å². The lowest BCUT2D eigenvalue weighted by Crippen LogP contribution is -2.15. The fourth-order valence-electron chi connectivity index (χ4n) is 2.00. The number of hydrogen-bond donors (Lipinski definition) is 2. The zero-order valence-corrected chi connectivity index (χ0v) is 13.5. The van der Waals surface area contributed by atoms with Crippen LogP contribution < -0.4 is 10.6 Å². The first-order valence-corrected chi connectivity index (χ1v) is 7.32. The quantitative estimate of drug-likeness (QED) is 0.598. The zero-order valence-electron chi connectivity index (χ0n) is 13.5. The summed E-state index contributed by atoms with van der Waals surface area (Å²) in [6.45, 7) is 1.19. The molecule has 0 saturated heterocycles. The van der Waals surface area contributed by atoms with Crippen molar-refractivity contribution in [2.75, 3.05) is 38.0 Å². The van der Waals surface area contributed by atoms with Crippen LogP contribution in [0.2, 0.25) is 0 Å². The highest BCUT2D eigenvalue weighted by molar-refractivity contribution is 6.04. The largest absolute Gasteiger partial charge is 0.465 e. The number of carbonyl (C=O) groups excluding carboxylic acids is 2. The second-order valence-corrected chi connectivity index (χ2v) is 4.88. The molecular formula is C17H19N3O4. The molecule has 2 N–H and O–H groups in total. The highest BCUT2D eigenvalue weighted by atomic mass is 16.5. The molecule has 0 aliphatic carbocycles. The number of amides is 1. The van der Waals surface area contributed by atoms with Crippen molar-refractivity contribution in [3.8, 4) is 0 Å². The van der Waals surface area contributed by atoms with E-state index >= 15 is 0 Å². The van der Waals surface area contributed by atoms with Gasteiger partial charge in [-0.05, 0) is 30.3 Å². The Balaban J connectivity index is 2.07. The number of pyridine rings is 1. The van der Waals surface area contributed by atoms with Crippen LogP contribution in [0.3, 0.4) is 0 Å². The van der Waals surface area contributed by atoms with E-state index in [0.29, 0.717) is 24.4 Å². The molecule has 0 spiro atoms. The van der Waals surface area contributed by atoms with Crippen molar-refractivity contribution in [3.05, 3.63) is 53.9 Å². The number of hydrogen-bond acceptors (Lipinski definition) is 6. The third-order valence-corrected chi connectivity index (χ3v) is 3.17. The van der Waals surface area contributed by atoms with Gasteiger partial charge in [0, 0.05) is 31.2 Å². The number of aromatic nitrogens is 1. The average Bonchev–Trinajstić information content (AvgIpc) is 2.61. The van der Waals surface area contributed by atoms with Gasteiger partial charge in [0.2, 0.25) is 0 Å². The molecule has 24 heavy (non-hydrogen) atoms. The van der Waals surface area contributed by atoms with Crippen LogP contribution in [0.15, 0.2) is 42.6 Å². The molecule has 0 radical (unpaired) electrons. The monoisotopic (exact) mass is 329 g/mol. The van der Waals surface area contributed by atoms with Gasteiger partial charge in [-0.25, -0.2) is 4.79 Å². The number of ether oxygens (including phenoxy) is 2. The van der Waals surface area contributed by atoms with Gasteiger partial charge in [-0.2, -0.15) is 0 Å². The lowest BCUT2D eigenvalue weighted by atomic mass is 10.2. The highest BCUT2D eigenvalue weighted by Gasteiger charge is 2.11. The first-order chi connectivity index (χ1) is 11.6. The molecule has 7 nitrogen and oxygen atoms in total. The van der Waals surface area contributed by atoms with Crippen LogP contribution in [0.4, 0.5) is 11.4 Å². The number of carbonyl (C=O) groups is 2. The van der Waals surface area contributed by atoms with Crippen LogP contribution in [0.5, 0.6) is 0 Å². The summed E-state index contributed by atoms with van der Waals surface area (Å²) in [6.07, 6.45) is 1.55. The number of benzene rings is 1. The first kappa shape index (κ1) is 17.4. The number of nitrogens with zero attached hydrogens (tertiary/aromatic N) is 1. The van der Waals surface area contributed by atoms with Crippen LogP contribution >= 0.6 is 0 Å². The standard InChI is InChI=1S/C17H19N3O4/c1-23-9-8-18-13-6-7-19-15(11-13)16(21)20-14-5-3-4-12(10-14)17(22)24-2/h3-7,10-11H,8-9H2,1-2H3,(H,18,19)(H,20,21). The Kier molecular flexibility index (Phi) is 6.27. The van der Waals surface area contributed by atoms with Crippen LogP contribution in [-0.4, -0.2) is 44.2 Å². The van der Waals surface area contributed by atoms with E-state index in [2.05, 4.69) is 20.4 Å². The van der Waals surface area contributed by atoms with E-state index in [9.17, 15) is 9.59 Å². The third-order valence-electron chi connectivity index (χ3n) is 3.17. The Morgan fingerprint density at radius 3 is 2.71 bits per heavy atom. The number of esters is 1. The van der Waals surface area contributed by atoms with Gasteiger partial charge in [0.15, 0.2) is 0 Å². The molecule has 1 aromatic carbocycles. The lowest BCUT2D eigenvalue weighted by molar-refractivity contribution is 0.0600. The number of nitrogens with one attached hydrogen (secondary N) is 2. The summed E-state index contributed by atoms with van der Waals surface area (Å²) in [4.78, 5) is 27.9. The highest BCUT2D eigenvalue weighted by Crippen LogP contribution is 2.14. The molecule has 126 valence electrons. The Morgan fingerprint density at radius 1 is 1.12 bits per heavy atom. The minimum atomic E-state index is -0.464. The van der Waals surface area contributed by atoms with Gasteiger partial charge in [0.1, 0.15) is 5.69 Å². The van der Waals surface area contributed by atoms with Gasteiger partial charge in [-0.3, -0.25) is 9.78 Å². The minimum Gasteiger partial charge on any atom is -0.465 e. The van der Waals surface area contributed by atoms with E-state index in [1.54, 1.807) is 49.7 Å². The maximum Gasteiger partial charge on any atom is 0.337 e. The van der Waals surface area contributed by atoms with Crippen LogP contribution in [0.25, 0.3) is 0 Å². The molecule has 2 rings (SSSR count). The van der Waals surface area contributed by atoms with Crippen LogP contribution in [-0.2, 0) is 9.47 Å². The SMILES string of the molecule is COCCNc1ccnc(C(=O)Nc2cccc(C(=O)OC)c2)c1. The topological polar surface area (TPSA) is 89.5 Å². The second kappa shape index (κ2) is 8.64. The van der Waals surface area contributed by atoms with E-state index in [1.807, 2.05) is 0 Å². The van der Waals surface area contributed by atoms with Crippen LogP contribution in [0, 0.1) is 0 Å². The molecule has 1 amide bonds. The van der Waals surface area contributed by atoms with Gasteiger partial charge in [0.05, 0.1) is 19.3 Å². The van der Waals surface area contributed by atoms with Gasteiger partial charge in [-0.1, -0.05) is 6.07 Å². The van der Waals surface area contributed by atoms with Gasteiger partial charge >= 0.3 is 5.97 Å². The maximum atomic E-state index is 12.3. The normalized spacial score (nSPS) is 10.1. The molecule has 1 aromatic heterocycles. The number of methoxy groups -OCH3 is 2. The molecule has 0 unspecified atom stereocenters. The molecule has 1 heterocycles. The summed E-state index contributed by atoms with van der Waals surface area (Å²) < 4.78 is 9.63. The summed E-state index contributed by atoms with van der Waals surface area (Å²) in [6, 6.07) is 9.92. The zero-order chi connectivity index (χ0) is 17.4. The Bertz CT molecular complexity index is 718. The first-order valence-electron chi connectivity index (χ1n) is 7.32. The Morgan fingerprint density at radius 2 is 1.96 bits per heavy atom. The van der Waals surface area contributed by atoms with E-state index in [0.717, 1.165) is 5.69 Å². The molecular weight excluding hydrogens is 310 g/mol. The summed E-state index contributed by atoms with van der Waals surface area (Å²) >= 11 is 0. The molecule has 0 atom stereocenters. The predicted octanol–water partition coefficient (Wildman–Crippen LogP) is 2.18. The van der Waals surface area contributed by atoms with Gasteiger partial charge < -0.3 is 20.1 Å². The Hall–Kier alpha value is -2.93. The predicted molar refractivity (Wildman–Crippen MR) is 90.3 cm³/mol. The van der Waals surface area contributed by atoms with Gasteiger partial charge in [0.25, 0.3) is 5.91 Å². The van der Waals surface area contributed by atoms with Crippen molar-refractivity contribution in [3.63, 3.8) is 0 Å². The number of anilines is 2. The van der Waals surface area contributed by atoms with E-state index in [1.165, 1.54) is 7.11 Å². The smallest absolute Gasteiger partial charge is 0.337 e. The maximum absolute atomic E-state index is 12.3. The summed E-state index contributed by atoms with van der Waals surface area (Å²) in [5, 5.41) is 5.84. The van der Waals surface area contributed by atoms with Crippen molar-refractivity contribution in [1.82, 2.24) is 4.98 Å². The van der Waals surface area contributed by atoms with Crippen molar-refractivity contribution >= 4 is 23.3 Å². The van der Waals surface area contributed by atoms with E-state index < -0.39 is 5.97 Å². The lowest BCUT2D eigenvalue weighted by Gasteiger charge is -2.09. The number of rotatable bonds is 7. The third kappa shape index (κ3) is 4.79. The Labute approximate surface area is 140 Å². The summed E-state index contributed by atoms with van der Waals surface area (Å²) in [5.74, 6) is -0.832. The molecule has 2 aromatic rings. The van der Waals surface area contributed by atoms with E-state index in [-0.39, 0.29) is 11.6 Å². The molecule has 0 saturated carbocycles. The van der Waals surface area contributed by atoms with Crippen molar-refractivity contribution in [2.45, 2.75) is 0 Å². The van der Waals surface area contributed by atoms with Crippen molar-refractivity contribution in [2.24, 2.45) is 0 Å². The fourth-order valence-corrected chi connectivity index (χ4v) is 2.00. The molecule has 0 fully saturated rings. The molecule has 0 aliphatic rings. The van der Waals surface area contributed by atoms with Gasteiger partial charge in [-0.15, -0.1) is 0 Å². The van der Waals surface area contributed by atoms with Crippen molar-refractivity contribution < 1.29 is 19.1 Å². The fraction of sp³-hybridized carbons (Fsp3) is 0.235. The summed E-state index contributed by atoms with van der Waals surface area (Å²) in [5.41, 5.74) is 1.89. The van der Waals surface area contributed by atoms with Crippen LogP contribution in [0.1, 0.15) is 20.8 Å². The summed E-state index contributed by atoms with van der Waals surface area (Å²) in [7, 11) is 2.93. The van der Waals surface area contributed by atoms with Crippen molar-refractivity contribution in [1.29, 1.82) is 0 Å². The molecule has 0 bridgehead atoms. The average molecular weight is 329 g/mol. The minimum absolute atomic E-state index is 0.265. The molecule has 7 heteroatoms.